The number of anilines is 1. The second-order valence-electron chi connectivity index (χ2n) is 7.24. The number of nitrogens with zero attached hydrogens (tertiary/aromatic N) is 1. The predicted molar refractivity (Wildman–Crippen MR) is 115 cm³/mol. The Morgan fingerprint density at radius 2 is 1.77 bits per heavy atom. The van der Waals surface area contributed by atoms with Crippen LogP contribution in [0.5, 0.6) is 5.75 Å². The van der Waals surface area contributed by atoms with Gasteiger partial charge in [-0.3, -0.25) is 4.99 Å². The van der Waals surface area contributed by atoms with E-state index in [2.05, 4.69) is 15.6 Å². The zero-order valence-corrected chi connectivity index (χ0v) is 17.4. The van der Waals surface area contributed by atoms with Gasteiger partial charge >= 0.3 is 11.9 Å². The third-order valence-electron chi connectivity index (χ3n) is 4.05. The van der Waals surface area contributed by atoms with Gasteiger partial charge in [-0.1, -0.05) is 32.0 Å². The molecule has 1 aliphatic heterocycles. The Kier molecular flexibility index (Phi) is 8.80. The summed E-state index contributed by atoms with van der Waals surface area (Å²) < 4.78 is 19.6. The van der Waals surface area contributed by atoms with Crippen molar-refractivity contribution in [2.24, 2.45) is 10.9 Å². The fourth-order valence-electron chi connectivity index (χ4n) is 2.59. The van der Waals surface area contributed by atoms with E-state index in [9.17, 15) is 4.39 Å². The van der Waals surface area contributed by atoms with Gasteiger partial charge in [0.15, 0.2) is 17.5 Å². The van der Waals surface area contributed by atoms with Crippen molar-refractivity contribution in [3.63, 3.8) is 0 Å². The molecule has 0 amide bonds. The smallest absolute Gasteiger partial charge is 0.414 e. The molecule has 3 rings (SSSR count). The van der Waals surface area contributed by atoms with Crippen LogP contribution < -0.4 is 15.4 Å². The molecule has 2 aromatic carbocycles. The van der Waals surface area contributed by atoms with E-state index in [4.69, 9.17) is 24.5 Å². The highest BCUT2D eigenvalue weighted by Gasteiger charge is 2.08. The molecule has 0 bridgehead atoms. The van der Waals surface area contributed by atoms with Gasteiger partial charge in [-0.25, -0.2) is 14.0 Å². The van der Waals surface area contributed by atoms with E-state index in [1.54, 1.807) is 12.1 Å². The second-order valence-corrected chi connectivity index (χ2v) is 7.24. The molecule has 4 N–H and O–H groups in total. The highest BCUT2D eigenvalue weighted by Crippen LogP contribution is 2.21. The summed E-state index contributed by atoms with van der Waals surface area (Å²) in [6.07, 6.45) is 0.681. The summed E-state index contributed by atoms with van der Waals surface area (Å²) in [5.74, 6) is -2.45. The molecule has 0 aromatic heterocycles. The Labute approximate surface area is 179 Å². The number of nitrogens with one attached hydrogen (secondary N) is 2. The first-order chi connectivity index (χ1) is 14.7. The molecule has 0 unspecified atom stereocenters. The van der Waals surface area contributed by atoms with Crippen molar-refractivity contribution in [3.05, 3.63) is 59.4 Å². The minimum absolute atomic E-state index is 0.304. The van der Waals surface area contributed by atoms with Crippen LogP contribution in [0.2, 0.25) is 0 Å². The molecule has 1 heterocycles. The van der Waals surface area contributed by atoms with Crippen molar-refractivity contribution >= 4 is 23.6 Å². The van der Waals surface area contributed by atoms with Gasteiger partial charge in [-0.15, -0.1) is 0 Å². The van der Waals surface area contributed by atoms with E-state index in [-0.39, 0.29) is 5.82 Å². The van der Waals surface area contributed by atoms with Crippen molar-refractivity contribution in [2.75, 3.05) is 25.0 Å². The predicted octanol–water partition coefficient (Wildman–Crippen LogP) is 2.98. The largest absolute Gasteiger partial charge is 0.490 e. The number of carbonyl (C=O) groups is 2. The molecule has 0 saturated carbocycles. The first-order valence-electron chi connectivity index (χ1n) is 9.76. The molecule has 8 nitrogen and oxygen atoms in total. The minimum Gasteiger partial charge on any atom is -0.490 e. The van der Waals surface area contributed by atoms with Gasteiger partial charge in [0.25, 0.3) is 0 Å². The molecule has 9 heteroatoms. The first-order valence-corrected chi connectivity index (χ1v) is 9.76. The number of halogens is 1. The lowest BCUT2D eigenvalue weighted by Crippen LogP contribution is -2.26. The zero-order chi connectivity index (χ0) is 22.8. The number of aliphatic carboxylic acids is 2. The van der Waals surface area contributed by atoms with E-state index in [0.29, 0.717) is 24.7 Å². The quantitative estimate of drug-likeness (QED) is 0.519. The maximum atomic E-state index is 14.1. The molecule has 2 aromatic rings. The lowest BCUT2D eigenvalue weighted by molar-refractivity contribution is -0.159. The summed E-state index contributed by atoms with van der Waals surface area (Å²) in [5, 5.41) is 21.2. The van der Waals surface area contributed by atoms with Gasteiger partial charge in [0.1, 0.15) is 0 Å². The van der Waals surface area contributed by atoms with Gasteiger partial charge in [0.05, 0.1) is 13.2 Å². The van der Waals surface area contributed by atoms with Crippen LogP contribution >= 0.6 is 0 Å². The van der Waals surface area contributed by atoms with Gasteiger partial charge in [0.2, 0.25) is 0 Å². The maximum Gasteiger partial charge on any atom is 0.414 e. The van der Waals surface area contributed by atoms with E-state index in [1.165, 1.54) is 0 Å². The van der Waals surface area contributed by atoms with Crippen LogP contribution in [0.15, 0.2) is 47.5 Å². The zero-order valence-electron chi connectivity index (χ0n) is 17.4. The van der Waals surface area contributed by atoms with Crippen LogP contribution in [0.3, 0.4) is 0 Å². The normalized spacial score (nSPS) is 12.3. The van der Waals surface area contributed by atoms with E-state index < -0.39 is 11.9 Å². The molecule has 0 spiro atoms. The first kappa shape index (κ1) is 23.7. The van der Waals surface area contributed by atoms with Crippen LogP contribution in [-0.2, 0) is 16.0 Å². The summed E-state index contributed by atoms with van der Waals surface area (Å²) in [6.45, 7) is 6.29. The summed E-state index contributed by atoms with van der Waals surface area (Å²) in [4.78, 5) is 22.5. The standard InChI is InChI=1S/C20H24FN3O.C2H2O4/c1-14(2)13-25-19-8-5-16(12-18(19)21)11-15-3-6-17(7-4-15)24-20-22-9-10-23-20;3-1(4)2(5)6/h3-8,12,14H,9-11,13H2,1-2H3,(H2,22,23,24);(H,3,4)(H,5,6). The molecule has 0 aliphatic carbocycles. The molecule has 0 atom stereocenters. The number of guanidine groups is 1. The molecule has 1 aliphatic rings. The van der Waals surface area contributed by atoms with Crippen LogP contribution in [0.4, 0.5) is 10.1 Å². The molecule has 0 fully saturated rings. The minimum atomic E-state index is -1.82. The number of rotatable bonds is 6. The van der Waals surface area contributed by atoms with E-state index >= 15 is 0 Å². The molecular formula is C22H26FN3O5. The highest BCUT2D eigenvalue weighted by atomic mass is 19.1. The highest BCUT2D eigenvalue weighted by molar-refractivity contribution is 6.27. The summed E-state index contributed by atoms with van der Waals surface area (Å²) >= 11 is 0. The second kappa shape index (κ2) is 11.5. The topological polar surface area (TPSA) is 120 Å². The van der Waals surface area contributed by atoms with Gasteiger partial charge in [0, 0.05) is 12.2 Å². The molecule has 166 valence electrons. The van der Waals surface area contributed by atoms with Crippen molar-refractivity contribution in [1.29, 1.82) is 0 Å². The van der Waals surface area contributed by atoms with Crippen LogP contribution in [0, 0.1) is 11.7 Å². The lowest BCUT2D eigenvalue weighted by Gasteiger charge is -2.11. The maximum absolute atomic E-state index is 14.1. The molecule has 0 saturated heterocycles. The van der Waals surface area contributed by atoms with Crippen molar-refractivity contribution in [1.82, 2.24) is 5.32 Å². The molecular weight excluding hydrogens is 405 g/mol. The van der Waals surface area contributed by atoms with Crippen LogP contribution in [0.25, 0.3) is 0 Å². The average molecular weight is 431 g/mol. The summed E-state index contributed by atoms with van der Waals surface area (Å²) in [5.41, 5.74) is 3.04. The third-order valence-corrected chi connectivity index (χ3v) is 4.05. The van der Waals surface area contributed by atoms with E-state index in [1.807, 2.05) is 44.2 Å². The number of hydrogen-bond acceptors (Lipinski definition) is 6. The van der Waals surface area contributed by atoms with Crippen molar-refractivity contribution in [2.45, 2.75) is 20.3 Å². The Morgan fingerprint density at radius 1 is 1.13 bits per heavy atom. The van der Waals surface area contributed by atoms with Gasteiger partial charge in [-0.2, -0.15) is 0 Å². The number of benzene rings is 2. The van der Waals surface area contributed by atoms with Crippen molar-refractivity contribution < 1.29 is 28.9 Å². The Morgan fingerprint density at radius 3 is 2.29 bits per heavy atom. The fraction of sp³-hybridized carbons (Fsp3) is 0.318. The third kappa shape index (κ3) is 8.33. The molecule has 31 heavy (non-hydrogen) atoms. The number of hydrogen-bond donors (Lipinski definition) is 4. The summed E-state index contributed by atoms with van der Waals surface area (Å²) in [7, 11) is 0. The van der Waals surface area contributed by atoms with Gasteiger partial charge in [-0.05, 0) is 47.7 Å². The Balaban J connectivity index is 0.000000501. The number of ether oxygens (including phenoxy) is 1. The van der Waals surface area contributed by atoms with Crippen LogP contribution in [0.1, 0.15) is 25.0 Å². The van der Waals surface area contributed by atoms with E-state index in [0.717, 1.165) is 35.9 Å². The summed E-state index contributed by atoms with van der Waals surface area (Å²) in [6, 6.07) is 13.3. The number of aliphatic imine (C=N–C) groups is 1. The average Bonchev–Trinajstić information content (AvgIpc) is 3.22. The Bertz CT molecular complexity index is 917. The molecule has 0 radical (unpaired) electrons. The monoisotopic (exact) mass is 431 g/mol. The van der Waals surface area contributed by atoms with Crippen molar-refractivity contribution in [3.8, 4) is 5.75 Å². The lowest BCUT2D eigenvalue weighted by atomic mass is 10.0. The fourth-order valence-corrected chi connectivity index (χ4v) is 2.59. The Hall–Kier alpha value is -3.62. The van der Waals surface area contributed by atoms with Gasteiger partial charge < -0.3 is 25.6 Å². The van der Waals surface area contributed by atoms with Crippen LogP contribution in [-0.4, -0.2) is 47.8 Å². The SMILES string of the molecule is CC(C)COc1ccc(Cc2ccc(NC3=NCCN3)cc2)cc1F.O=C(O)C(=O)O. The number of carboxylic acids is 2. The number of carboxylic acid groups (broad SMARTS) is 2.